The Morgan fingerprint density at radius 3 is 2.00 bits per heavy atom. The summed E-state index contributed by atoms with van der Waals surface area (Å²) in [5.41, 5.74) is 0. The van der Waals surface area contributed by atoms with Gasteiger partial charge in [0.1, 0.15) is 5.25 Å². The van der Waals surface area contributed by atoms with Gasteiger partial charge in [0.05, 0.1) is 11.9 Å². The van der Waals surface area contributed by atoms with Crippen LogP contribution < -0.4 is 0 Å². The van der Waals surface area contributed by atoms with Gasteiger partial charge in [-0.15, -0.1) is 0 Å². The van der Waals surface area contributed by atoms with Crippen LogP contribution in [0.4, 0.5) is 0 Å². The lowest BCUT2D eigenvalue weighted by atomic mass is 10.3. The molecule has 3 atom stereocenters. The first-order valence-electron chi connectivity index (χ1n) is 2.97. The molecule has 0 aromatic heterocycles. The number of rotatable bonds is 4. The van der Waals surface area contributed by atoms with E-state index < -0.39 is 38.3 Å². The van der Waals surface area contributed by atoms with Crippen LogP contribution in [0.15, 0.2) is 0 Å². The fourth-order valence-corrected chi connectivity index (χ4v) is 2.59. The van der Waals surface area contributed by atoms with Crippen molar-refractivity contribution in [1.82, 2.24) is 0 Å². The van der Waals surface area contributed by atoms with Gasteiger partial charge < -0.3 is 9.66 Å². The molecule has 0 fully saturated rings. The monoisotopic (exact) mass is 218 g/mol. The van der Waals surface area contributed by atoms with Gasteiger partial charge in [-0.25, -0.2) is 4.21 Å². The van der Waals surface area contributed by atoms with Crippen molar-refractivity contribution in [3.05, 3.63) is 0 Å². The van der Waals surface area contributed by atoms with Crippen molar-refractivity contribution in [2.24, 2.45) is 0 Å². The molecule has 0 amide bonds. The zero-order valence-corrected chi connectivity index (χ0v) is 7.88. The van der Waals surface area contributed by atoms with Crippen molar-refractivity contribution in [2.45, 2.75) is 18.3 Å². The van der Waals surface area contributed by atoms with Crippen LogP contribution in [0, 0.1) is 0 Å². The van der Waals surface area contributed by atoms with Crippen LogP contribution in [0.3, 0.4) is 0 Å². The average molecular weight is 218 g/mol. The highest BCUT2D eigenvalue weighted by atomic mass is 32.2. The lowest BCUT2D eigenvalue weighted by molar-refractivity contribution is 0.192. The third-order valence-electron chi connectivity index (χ3n) is 1.17. The van der Waals surface area contributed by atoms with Gasteiger partial charge in [-0.05, 0) is 6.92 Å². The normalized spacial score (nSPS) is 20.0. The molecule has 0 aromatic rings. The zero-order valence-electron chi connectivity index (χ0n) is 6.24. The van der Waals surface area contributed by atoms with Gasteiger partial charge in [-0.2, -0.15) is 8.42 Å². The number of hydrogen-bond donors (Lipinski definition) is 3. The number of aliphatic hydroxyl groups excluding tert-OH is 1. The molecular weight excluding hydrogens is 208 g/mol. The molecule has 0 saturated heterocycles. The van der Waals surface area contributed by atoms with Crippen LogP contribution in [0.25, 0.3) is 0 Å². The molecule has 74 valence electrons. The van der Waals surface area contributed by atoms with Crippen LogP contribution in [0.5, 0.6) is 0 Å². The predicted molar refractivity (Wildman–Crippen MR) is 42.7 cm³/mol. The maximum absolute atomic E-state index is 10.4. The molecular formula is C4H10O6S2. The minimum absolute atomic E-state index is 0.923. The molecule has 0 saturated carbocycles. The van der Waals surface area contributed by atoms with E-state index in [-0.39, 0.29) is 0 Å². The molecule has 0 heterocycles. The maximum Gasteiger partial charge on any atom is 0.266 e. The van der Waals surface area contributed by atoms with Gasteiger partial charge in [0.25, 0.3) is 10.1 Å². The van der Waals surface area contributed by atoms with Crippen molar-refractivity contribution in [3.63, 3.8) is 0 Å². The number of aliphatic hydroxyl groups is 1. The van der Waals surface area contributed by atoms with E-state index in [2.05, 4.69) is 0 Å². The second kappa shape index (κ2) is 4.28. The molecule has 0 aliphatic heterocycles. The highest BCUT2D eigenvalue weighted by Crippen LogP contribution is 2.03. The van der Waals surface area contributed by atoms with Crippen molar-refractivity contribution in [1.29, 1.82) is 0 Å². The van der Waals surface area contributed by atoms with Crippen molar-refractivity contribution in [3.8, 4) is 0 Å². The molecule has 6 nitrogen and oxygen atoms in total. The summed E-state index contributed by atoms with van der Waals surface area (Å²) in [6, 6.07) is 0. The topological polar surface area (TPSA) is 112 Å². The summed E-state index contributed by atoms with van der Waals surface area (Å²) in [7, 11) is -4.33. The average Bonchev–Trinajstić information content (AvgIpc) is 1.79. The minimum atomic E-state index is -4.33. The van der Waals surface area contributed by atoms with E-state index in [1.807, 2.05) is 0 Å². The Labute approximate surface area is 72.6 Å². The van der Waals surface area contributed by atoms with Crippen LogP contribution in [0.1, 0.15) is 6.92 Å². The van der Waals surface area contributed by atoms with Crippen molar-refractivity contribution < 1.29 is 26.8 Å². The third kappa shape index (κ3) is 4.78. The molecule has 0 spiro atoms. The SMILES string of the molecule is CC(O)C(CS(=O)(=O)O)S(=O)O. The van der Waals surface area contributed by atoms with Gasteiger partial charge in [-0.3, -0.25) is 4.55 Å². The quantitative estimate of drug-likeness (QED) is 0.405. The Balaban J connectivity index is 4.46. The fraction of sp³-hybridized carbons (Fsp3) is 1.00. The number of hydrogen-bond acceptors (Lipinski definition) is 4. The van der Waals surface area contributed by atoms with Crippen LogP contribution in [-0.4, -0.2) is 43.9 Å². The summed E-state index contributed by atoms with van der Waals surface area (Å²) in [4.78, 5) is 0. The van der Waals surface area contributed by atoms with E-state index in [4.69, 9.17) is 14.2 Å². The van der Waals surface area contributed by atoms with E-state index in [0.717, 1.165) is 0 Å². The molecule has 0 radical (unpaired) electrons. The first kappa shape index (κ1) is 12.0. The Morgan fingerprint density at radius 1 is 1.50 bits per heavy atom. The molecule has 12 heavy (non-hydrogen) atoms. The summed E-state index contributed by atoms with van der Waals surface area (Å²) in [6.45, 7) is 1.17. The molecule has 0 aliphatic carbocycles. The van der Waals surface area contributed by atoms with E-state index in [1.54, 1.807) is 0 Å². The van der Waals surface area contributed by atoms with Gasteiger partial charge in [0.15, 0.2) is 11.1 Å². The Bertz CT molecular complexity index is 255. The highest BCUT2D eigenvalue weighted by Gasteiger charge is 2.26. The van der Waals surface area contributed by atoms with Crippen LogP contribution in [0.2, 0.25) is 0 Å². The lowest BCUT2D eigenvalue weighted by Gasteiger charge is -2.13. The molecule has 3 N–H and O–H groups in total. The van der Waals surface area contributed by atoms with E-state index in [0.29, 0.717) is 0 Å². The fourth-order valence-electron chi connectivity index (χ4n) is 0.574. The van der Waals surface area contributed by atoms with Gasteiger partial charge in [-0.1, -0.05) is 0 Å². The molecule has 3 unspecified atom stereocenters. The molecule has 0 aromatic carbocycles. The predicted octanol–water partition coefficient (Wildman–Crippen LogP) is -1.15. The van der Waals surface area contributed by atoms with Gasteiger partial charge >= 0.3 is 0 Å². The second-order valence-electron chi connectivity index (χ2n) is 2.30. The molecule has 0 bridgehead atoms. The lowest BCUT2D eigenvalue weighted by Crippen LogP contribution is -2.34. The third-order valence-corrected chi connectivity index (χ3v) is 3.24. The zero-order chi connectivity index (χ0) is 9.94. The first-order valence-corrected chi connectivity index (χ1v) is 5.75. The summed E-state index contributed by atoms with van der Waals surface area (Å²) < 4.78 is 47.7. The van der Waals surface area contributed by atoms with E-state index in [9.17, 15) is 12.6 Å². The van der Waals surface area contributed by atoms with Gasteiger partial charge in [0, 0.05) is 0 Å². The molecule has 0 aliphatic rings. The minimum Gasteiger partial charge on any atom is -0.392 e. The Hall–Kier alpha value is -0.0200. The summed E-state index contributed by atoms with van der Waals surface area (Å²) in [6.07, 6.45) is -1.27. The Kier molecular flexibility index (Phi) is 4.28. The first-order chi connectivity index (χ1) is 5.24. The summed E-state index contributed by atoms with van der Waals surface area (Å²) >= 11 is -2.47. The maximum atomic E-state index is 10.4. The van der Waals surface area contributed by atoms with Crippen LogP contribution >= 0.6 is 0 Å². The standard InChI is InChI=1S/C4H10O6S2/c1-3(5)4(11(6)7)2-12(8,9)10/h3-5H,2H2,1H3,(H,6,7)(H,8,9,10). The van der Waals surface area contributed by atoms with Crippen molar-refractivity contribution in [2.75, 3.05) is 5.75 Å². The summed E-state index contributed by atoms with van der Waals surface area (Å²) in [5.74, 6) is -0.923. The van der Waals surface area contributed by atoms with E-state index in [1.165, 1.54) is 6.92 Å². The largest absolute Gasteiger partial charge is 0.392 e. The molecule has 0 rings (SSSR count). The van der Waals surface area contributed by atoms with Gasteiger partial charge in [0.2, 0.25) is 0 Å². The second-order valence-corrected chi connectivity index (χ2v) is 4.96. The Morgan fingerprint density at radius 2 is 1.92 bits per heavy atom. The van der Waals surface area contributed by atoms with E-state index >= 15 is 0 Å². The highest BCUT2D eigenvalue weighted by molar-refractivity contribution is 7.87. The van der Waals surface area contributed by atoms with Crippen LogP contribution in [-0.2, 0) is 21.2 Å². The van der Waals surface area contributed by atoms with Crippen molar-refractivity contribution >= 4 is 21.2 Å². The molecule has 8 heteroatoms. The summed E-state index contributed by atoms with van der Waals surface area (Å²) in [5, 5.41) is 7.44. The smallest absolute Gasteiger partial charge is 0.266 e.